The van der Waals surface area contributed by atoms with Gasteiger partial charge in [-0.15, -0.1) is 0 Å². The number of hydrogen-bond donors (Lipinski definition) is 1. The van der Waals surface area contributed by atoms with E-state index >= 15 is 0 Å². The summed E-state index contributed by atoms with van der Waals surface area (Å²) in [4.78, 5) is 10.2. The van der Waals surface area contributed by atoms with E-state index in [-0.39, 0.29) is 21.8 Å². The Morgan fingerprint density at radius 1 is 1.25 bits per heavy atom. The number of nitro benzene ring substituents is 1. The third kappa shape index (κ3) is 5.17. The van der Waals surface area contributed by atoms with Gasteiger partial charge in [0, 0.05) is 18.2 Å². The monoisotopic (exact) mass is 318 g/mol. The second kappa shape index (κ2) is 8.32. The van der Waals surface area contributed by atoms with Crippen LogP contribution in [0.25, 0.3) is 0 Å². The average Bonchev–Trinajstić information content (AvgIpc) is 2.38. The van der Waals surface area contributed by atoms with Crippen molar-refractivity contribution >= 4 is 34.6 Å². The molecule has 0 aliphatic rings. The Bertz CT molecular complexity index is 443. The van der Waals surface area contributed by atoms with Crippen LogP contribution in [0.5, 0.6) is 0 Å². The van der Waals surface area contributed by atoms with Crippen molar-refractivity contribution in [3.05, 3.63) is 32.3 Å². The summed E-state index contributed by atoms with van der Waals surface area (Å²) < 4.78 is 0. The van der Waals surface area contributed by atoms with Crippen LogP contribution in [-0.4, -0.2) is 11.0 Å². The second-order valence-electron chi connectivity index (χ2n) is 4.94. The molecule has 4 nitrogen and oxygen atoms in total. The Balaban J connectivity index is 2.65. The summed E-state index contributed by atoms with van der Waals surface area (Å²) in [6, 6.07) is 2.86. The number of unbranched alkanes of at least 4 members (excludes halogenated alkanes) is 3. The molecule has 0 aliphatic heterocycles. The first kappa shape index (κ1) is 17.1. The number of non-ortho nitro benzene ring substituents is 1. The maximum Gasteiger partial charge on any atom is 0.272 e. The number of hydrogen-bond acceptors (Lipinski definition) is 3. The number of nitro groups is 1. The summed E-state index contributed by atoms with van der Waals surface area (Å²) in [7, 11) is 0. The maximum atomic E-state index is 10.7. The Hall–Kier alpha value is -1.00. The van der Waals surface area contributed by atoms with Crippen molar-refractivity contribution in [3.8, 4) is 0 Å². The predicted molar refractivity (Wildman–Crippen MR) is 85.0 cm³/mol. The second-order valence-corrected chi connectivity index (χ2v) is 5.75. The smallest absolute Gasteiger partial charge is 0.272 e. The minimum atomic E-state index is -0.504. The van der Waals surface area contributed by atoms with Crippen molar-refractivity contribution in [1.29, 1.82) is 0 Å². The maximum absolute atomic E-state index is 10.7. The third-order valence-corrected chi connectivity index (χ3v) is 3.72. The molecule has 1 aromatic rings. The number of benzene rings is 1. The standard InChI is InChI=1S/C14H20Cl2N2O2/c1-3-4-5-6-7-10(2)17-14-12(15)8-11(18(19)20)9-13(14)16/h8-10,17H,3-7H2,1-2H3. The van der Waals surface area contributed by atoms with Gasteiger partial charge in [0.2, 0.25) is 0 Å². The van der Waals surface area contributed by atoms with Crippen LogP contribution in [-0.2, 0) is 0 Å². The highest BCUT2D eigenvalue weighted by Crippen LogP contribution is 2.35. The minimum absolute atomic E-state index is 0.0962. The molecular weight excluding hydrogens is 299 g/mol. The van der Waals surface area contributed by atoms with Gasteiger partial charge in [-0.05, 0) is 13.3 Å². The van der Waals surface area contributed by atoms with E-state index in [4.69, 9.17) is 23.2 Å². The van der Waals surface area contributed by atoms with Crippen LogP contribution in [0, 0.1) is 10.1 Å². The molecule has 0 radical (unpaired) electrons. The normalized spacial score (nSPS) is 12.2. The van der Waals surface area contributed by atoms with E-state index in [9.17, 15) is 10.1 Å². The minimum Gasteiger partial charge on any atom is -0.380 e. The first-order chi connectivity index (χ1) is 9.45. The van der Waals surface area contributed by atoms with Crippen LogP contribution in [0.2, 0.25) is 10.0 Å². The quantitative estimate of drug-likeness (QED) is 0.381. The van der Waals surface area contributed by atoms with Crippen molar-refractivity contribution in [2.24, 2.45) is 0 Å². The topological polar surface area (TPSA) is 55.2 Å². The zero-order valence-electron chi connectivity index (χ0n) is 11.8. The number of nitrogens with zero attached hydrogens (tertiary/aromatic N) is 1. The lowest BCUT2D eigenvalue weighted by Crippen LogP contribution is -2.15. The van der Waals surface area contributed by atoms with Gasteiger partial charge in [0.1, 0.15) is 0 Å². The van der Waals surface area contributed by atoms with Gasteiger partial charge in [-0.3, -0.25) is 10.1 Å². The van der Waals surface area contributed by atoms with Crippen molar-refractivity contribution in [3.63, 3.8) is 0 Å². The van der Waals surface area contributed by atoms with E-state index in [0.717, 1.165) is 12.8 Å². The van der Waals surface area contributed by atoms with E-state index in [1.807, 2.05) is 0 Å². The summed E-state index contributed by atoms with van der Waals surface area (Å²) in [6.07, 6.45) is 5.83. The van der Waals surface area contributed by atoms with Crippen molar-refractivity contribution in [2.45, 2.75) is 52.0 Å². The Morgan fingerprint density at radius 3 is 2.35 bits per heavy atom. The van der Waals surface area contributed by atoms with Crippen LogP contribution in [0.4, 0.5) is 11.4 Å². The Morgan fingerprint density at radius 2 is 1.85 bits per heavy atom. The van der Waals surface area contributed by atoms with Gasteiger partial charge in [-0.1, -0.05) is 55.8 Å². The van der Waals surface area contributed by atoms with Crippen LogP contribution in [0.15, 0.2) is 12.1 Å². The van der Waals surface area contributed by atoms with Gasteiger partial charge in [0.25, 0.3) is 5.69 Å². The fraction of sp³-hybridized carbons (Fsp3) is 0.571. The van der Waals surface area contributed by atoms with Gasteiger partial charge in [-0.25, -0.2) is 0 Å². The van der Waals surface area contributed by atoms with E-state index in [0.29, 0.717) is 5.69 Å². The van der Waals surface area contributed by atoms with Gasteiger partial charge >= 0.3 is 0 Å². The van der Waals surface area contributed by atoms with Gasteiger partial charge in [0.15, 0.2) is 0 Å². The molecule has 0 aliphatic carbocycles. The molecule has 1 atom stereocenters. The fourth-order valence-corrected chi connectivity index (χ4v) is 2.58. The summed E-state index contributed by atoms with van der Waals surface area (Å²) >= 11 is 12.1. The number of halogens is 2. The van der Waals surface area contributed by atoms with Gasteiger partial charge in [0.05, 0.1) is 20.7 Å². The molecule has 1 unspecified atom stereocenters. The number of nitrogens with one attached hydrogen (secondary N) is 1. The van der Waals surface area contributed by atoms with Crippen LogP contribution < -0.4 is 5.32 Å². The molecule has 0 saturated heterocycles. The first-order valence-electron chi connectivity index (χ1n) is 6.85. The molecule has 1 aromatic carbocycles. The van der Waals surface area contributed by atoms with E-state index in [2.05, 4.69) is 19.2 Å². The molecule has 0 fully saturated rings. The van der Waals surface area contributed by atoms with Crippen LogP contribution in [0.1, 0.15) is 46.0 Å². The SMILES string of the molecule is CCCCCCC(C)Nc1c(Cl)cc([N+](=O)[O-])cc1Cl. The summed E-state index contributed by atoms with van der Waals surface area (Å²) in [5.74, 6) is 0. The lowest BCUT2D eigenvalue weighted by Gasteiger charge is -2.17. The number of anilines is 1. The lowest BCUT2D eigenvalue weighted by atomic mass is 10.1. The molecule has 0 saturated carbocycles. The fourth-order valence-electron chi connectivity index (χ4n) is 2.00. The molecule has 1 rings (SSSR count). The van der Waals surface area contributed by atoms with Crippen LogP contribution in [0.3, 0.4) is 0 Å². The molecule has 0 amide bonds. The zero-order valence-corrected chi connectivity index (χ0v) is 13.3. The molecule has 0 aromatic heterocycles. The zero-order chi connectivity index (χ0) is 15.1. The average molecular weight is 319 g/mol. The highest BCUT2D eigenvalue weighted by atomic mass is 35.5. The van der Waals surface area contributed by atoms with Gasteiger partial charge < -0.3 is 5.32 Å². The Kier molecular flexibility index (Phi) is 7.10. The van der Waals surface area contributed by atoms with E-state index in [1.54, 1.807) is 0 Å². The first-order valence-corrected chi connectivity index (χ1v) is 7.61. The molecule has 6 heteroatoms. The largest absolute Gasteiger partial charge is 0.380 e. The highest BCUT2D eigenvalue weighted by molar-refractivity contribution is 6.39. The van der Waals surface area contributed by atoms with Crippen LogP contribution >= 0.6 is 23.2 Å². The third-order valence-electron chi connectivity index (χ3n) is 3.12. The molecule has 0 spiro atoms. The highest BCUT2D eigenvalue weighted by Gasteiger charge is 2.15. The number of rotatable bonds is 8. The van der Waals surface area contributed by atoms with Gasteiger partial charge in [-0.2, -0.15) is 0 Å². The molecular formula is C14H20Cl2N2O2. The molecule has 112 valence electrons. The Labute approximate surface area is 129 Å². The lowest BCUT2D eigenvalue weighted by molar-refractivity contribution is -0.384. The summed E-state index contributed by atoms with van der Waals surface area (Å²) in [6.45, 7) is 4.23. The molecule has 0 bridgehead atoms. The van der Waals surface area contributed by atoms with Crippen molar-refractivity contribution < 1.29 is 4.92 Å². The van der Waals surface area contributed by atoms with Crippen molar-refractivity contribution in [2.75, 3.05) is 5.32 Å². The summed E-state index contributed by atoms with van der Waals surface area (Å²) in [5.41, 5.74) is 0.475. The molecule has 20 heavy (non-hydrogen) atoms. The summed E-state index contributed by atoms with van der Waals surface area (Å²) in [5, 5.41) is 14.5. The predicted octanol–water partition coefficient (Wildman–Crippen LogP) is 5.67. The van der Waals surface area contributed by atoms with Crippen molar-refractivity contribution in [1.82, 2.24) is 0 Å². The molecule has 1 N–H and O–H groups in total. The van der Waals surface area contributed by atoms with E-state index in [1.165, 1.54) is 31.4 Å². The molecule has 0 heterocycles. The van der Waals surface area contributed by atoms with E-state index < -0.39 is 4.92 Å².